The predicted octanol–water partition coefficient (Wildman–Crippen LogP) is 6.28. The second-order valence-electron chi connectivity index (χ2n) is 9.93. The zero-order chi connectivity index (χ0) is 28.0. The van der Waals surface area contributed by atoms with Gasteiger partial charge in [-0.3, -0.25) is 9.78 Å². The third kappa shape index (κ3) is 7.64. The zero-order valence-electron chi connectivity index (χ0n) is 21.7. The first-order valence-electron chi connectivity index (χ1n) is 13.0. The van der Waals surface area contributed by atoms with Crippen LogP contribution in [0.5, 0.6) is 5.75 Å². The number of methoxy groups -OCH3 is 1. The van der Waals surface area contributed by atoms with Crippen LogP contribution in [0.25, 0.3) is 10.9 Å². The molecule has 0 bridgehead atoms. The van der Waals surface area contributed by atoms with Gasteiger partial charge in [-0.2, -0.15) is 13.2 Å². The molecule has 10 heteroatoms. The fourth-order valence-corrected chi connectivity index (χ4v) is 6.48. The number of benzene rings is 2. The number of rotatable bonds is 11. The van der Waals surface area contributed by atoms with Gasteiger partial charge in [0.2, 0.25) is 0 Å². The van der Waals surface area contributed by atoms with Gasteiger partial charge in [-0.25, -0.2) is 0 Å². The van der Waals surface area contributed by atoms with Gasteiger partial charge in [-0.15, -0.1) is 11.8 Å². The van der Waals surface area contributed by atoms with Crippen LogP contribution in [-0.4, -0.2) is 58.6 Å². The first-order valence-corrected chi connectivity index (χ1v) is 14.0. The summed E-state index contributed by atoms with van der Waals surface area (Å²) in [4.78, 5) is 18.3. The molecule has 1 aliphatic heterocycles. The number of carboxylic acid groups (broad SMARTS) is 1. The van der Waals surface area contributed by atoms with Gasteiger partial charge in [0, 0.05) is 41.7 Å². The molecular formula is C29H33F3N2O4S. The smallest absolute Gasteiger partial charge is 0.417 e. The summed E-state index contributed by atoms with van der Waals surface area (Å²) < 4.78 is 45.2. The number of nitrogens with zero attached hydrogens (tertiary/aromatic N) is 2. The Labute approximate surface area is 230 Å². The molecule has 1 fully saturated rings. The molecule has 0 radical (unpaired) electrons. The number of pyridine rings is 1. The van der Waals surface area contributed by atoms with Crippen LogP contribution in [0.1, 0.15) is 42.9 Å². The molecule has 3 aromatic rings. The Morgan fingerprint density at radius 3 is 2.74 bits per heavy atom. The molecule has 2 aromatic carbocycles. The summed E-state index contributed by atoms with van der Waals surface area (Å²) in [6.45, 7) is 1.89. The topological polar surface area (TPSA) is 82.9 Å². The highest BCUT2D eigenvalue weighted by molar-refractivity contribution is 7.99. The van der Waals surface area contributed by atoms with Crippen LogP contribution < -0.4 is 4.74 Å². The van der Waals surface area contributed by atoms with Crippen LogP contribution in [0.3, 0.4) is 0 Å². The minimum atomic E-state index is -4.40. The maximum Gasteiger partial charge on any atom is 0.417 e. The van der Waals surface area contributed by atoms with E-state index in [-0.39, 0.29) is 23.2 Å². The Morgan fingerprint density at radius 1 is 1.21 bits per heavy atom. The van der Waals surface area contributed by atoms with E-state index in [4.69, 9.17) is 4.74 Å². The summed E-state index contributed by atoms with van der Waals surface area (Å²) in [5, 5.41) is 21.4. The number of likely N-dealkylation sites (tertiary alicyclic amines) is 1. The van der Waals surface area contributed by atoms with Gasteiger partial charge in [-0.05, 0) is 79.6 Å². The number of fused-ring (bicyclic) bond motifs is 1. The zero-order valence-corrected chi connectivity index (χ0v) is 22.5. The van der Waals surface area contributed by atoms with E-state index in [0.717, 1.165) is 35.5 Å². The summed E-state index contributed by atoms with van der Waals surface area (Å²) in [5.41, 5.74) is 0.902. The van der Waals surface area contributed by atoms with Gasteiger partial charge in [0.1, 0.15) is 5.75 Å². The van der Waals surface area contributed by atoms with E-state index >= 15 is 0 Å². The molecule has 4 rings (SSSR count). The molecule has 39 heavy (non-hydrogen) atoms. The molecule has 6 nitrogen and oxygen atoms in total. The van der Waals surface area contributed by atoms with Crippen LogP contribution in [0.2, 0.25) is 0 Å². The highest BCUT2D eigenvalue weighted by Gasteiger charge is 2.34. The first kappa shape index (κ1) is 29.2. The maximum absolute atomic E-state index is 13.3. The number of aliphatic hydroxyl groups excluding tert-OH is 1. The summed E-state index contributed by atoms with van der Waals surface area (Å²) in [5.74, 6) is 0.332. The summed E-state index contributed by atoms with van der Waals surface area (Å²) >= 11 is 1.17. The van der Waals surface area contributed by atoms with Crippen molar-refractivity contribution in [2.45, 2.75) is 42.9 Å². The summed E-state index contributed by atoms with van der Waals surface area (Å²) in [6.07, 6.45) is -1.49. The van der Waals surface area contributed by atoms with Crippen LogP contribution >= 0.6 is 11.8 Å². The number of carbonyl (C=O) groups is 1. The number of halogens is 3. The van der Waals surface area contributed by atoms with Crippen molar-refractivity contribution < 1.29 is 32.9 Å². The number of thioether (sulfide) groups is 1. The monoisotopic (exact) mass is 562 g/mol. The van der Waals surface area contributed by atoms with Crippen molar-refractivity contribution in [3.8, 4) is 5.75 Å². The minimum Gasteiger partial charge on any atom is -0.497 e. The number of aromatic nitrogens is 1. The number of piperidine rings is 1. The molecule has 2 heterocycles. The second kappa shape index (κ2) is 13.0. The lowest BCUT2D eigenvalue weighted by molar-refractivity contribution is -0.140. The van der Waals surface area contributed by atoms with E-state index in [9.17, 15) is 28.2 Å². The average molecular weight is 563 g/mol. The van der Waals surface area contributed by atoms with Gasteiger partial charge in [0.05, 0.1) is 24.3 Å². The van der Waals surface area contributed by atoms with E-state index in [1.54, 1.807) is 25.4 Å². The molecule has 1 saturated heterocycles. The Kier molecular flexibility index (Phi) is 9.74. The molecule has 0 amide bonds. The van der Waals surface area contributed by atoms with E-state index in [2.05, 4.69) is 9.88 Å². The fraction of sp³-hybridized carbons (Fsp3) is 0.448. The molecule has 1 aliphatic rings. The standard InChI is InChI=1S/C29H33F3N2O4S/c1-38-21-7-8-25-23(17-21)22(10-12-33-25)26(35)9-6-19-11-13-34(18-20(19)16-28(36)37)14-15-39-27-5-3-2-4-24(27)29(30,31)32/h2-5,7-8,10,12,17,19-20,26,35H,6,9,11,13-16,18H2,1H3,(H,36,37)/t19-,20+,26?/m1/s1. The van der Waals surface area contributed by atoms with Crippen molar-refractivity contribution in [2.75, 3.05) is 32.5 Å². The third-order valence-electron chi connectivity index (χ3n) is 7.42. The van der Waals surface area contributed by atoms with Gasteiger partial charge >= 0.3 is 12.1 Å². The Balaban J connectivity index is 1.35. The molecule has 210 valence electrons. The summed E-state index contributed by atoms with van der Waals surface area (Å²) in [6, 6.07) is 12.9. The molecule has 1 unspecified atom stereocenters. The number of carboxylic acids is 1. The van der Waals surface area contributed by atoms with Gasteiger partial charge in [-0.1, -0.05) is 12.1 Å². The van der Waals surface area contributed by atoms with Crippen molar-refractivity contribution >= 4 is 28.6 Å². The minimum absolute atomic E-state index is 0.0245. The number of aliphatic hydroxyl groups is 1. The van der Waals surface area contributed by atoms with Crippen LogP contribution in [0.4, 0.5) is 13.2 Å². The predicted molar refractivity (Wildman–Crippen MR) is 145 cm³/mol. The fourth-order valence-electron chi connectivity index (χ4n) is 5.40. The highest BCUT2D eigenvalue weighted by atomic mass is 32.2. The number of ether oxygens (including phenoxy) is 1. The number of hydrogen-bond acceptors (Lipinski definition) is 6. The molecular weight excluding hydrogens is 529 g/mol. The lowest BCUT2D eigenvalue weighted by Crippen LogP contribution is -2.42. The first-order chi connectivity index (χ1) is 18.7. The van der Waals surface area contributed by atoms with Crippen molar-refractivity contribution in [3.05, 3.63) is 65.9 Å². The van der Waals surface area contributed by atoms with E-state index in [1.807, 2.05) is 18.2 Å². The molecule has 1 aromatic heterocycles. The number of aliphatic carboxylic acids is 1. The normalized spacial score (nSPS) is 19.2. The van der Waals surface area contributed by atoms with Crippen molar-refractivity contribution in [3.63, 3.8) is 0 Å². The lowest BCUT2D eigenvalue weighted by Gasteiger charge is -2.38. The number of hydrogen-bond donors (Lipinski definition) is 2. The van der Waals surface area contributed by atoms with Gasteiger partial charge < -0.3 is 19.8 Å². The van der Waals surface area contributed by atoms with Crippen LogP contribution in [0.15, 0.2) is 59.6 Å². The Hall–Kier alpha value is -2.82. The Bertz CT molecular complexity index is 1270. The lowest BCUT2D eigenvalue weighted by atomic mass is 9.79. The molecule has 0 saturated carbocycles. The quantitative estimate of drug-likeness (QED) is 0.266. The Morgan fingerprint density at radius 2 is 2.00 bits per heavy atom. The largest absolute Gasteiger partial charge is 0.497 e. The SMILES string of the molecule is COc1ccc2nccc(C(O)CC[C@@H]3CCN(CCSc4ccccc4C(F)(F)F)C[C@@H]3CC(=O)O)c2c1. The van der Waals surface area contributed by atoms with E-state index in [0.29, 0.717) is 37.4 Å². The van der Waals surface area contributed by atoms with Crippen molar-refractivity contribution in [2.24, 2.45) is 11.8 Å². The highest BCUT2D eigenvalue weighted by Crippen LogP contribution is 2.37. The third-order valence-corrected chi connectivity index (χ3v) is 8.48. The second-order valence-corrected chi connectivity index (χ2v) is 11.1. The van der Waals surface area contributed by atoms with Crippen molar-refractivity contribution in [1.82, 2.24) is 9.88 Å². The van der Waals surface area contributed by atoms with Crippen LogP contribution in [-0.2, 0) is 11.0 Å². The molecule has 2 N–H and O–H groups in total. The molecule has 3 atom stereocenters. The summed E-state index contributed by atoms with van der Waals surface area (Å²) in [7, 11) is 1.59. The maximum atomic E-state index is 13.3. The van der Waals surface area contributed by atoms with E-state index < -0.39 is 23.8 Å². The molecule has 0 aliphatic carbocycles. The number of alkyl halides is 3. The van der Waals surface area contributed by atoms with Gasteiger partial charge in [0.25, 0.3) is 0 Å². The van der Waals surface area contributed by atoms with E-state index in [1.165, 1.54) is 23.9 Å². The van der Waals surface area contributed by atoms with Crippen LogP contribution in [0, 0.1) is 11.8 Å². The molecule has 0 spiro atoms. The van der Waals surface area contributed by atoms with Gasteiger partial charge in [0.15, 0.2) is 0 Å². The van der Waals surface area contributed by atoms with Crippen molar-refractivity contribution in [1.29, 1.82) is 0 Å². The average Bonchev–Trinajstić information content (AvgIpc) is 2.91.